The molecule has 5 nitrogen and oxygen atoms in total. The van der Waals surface area contributed by atoms with E-state index in [1.54, 1.807) is 13.3 Å². The zero-order chi connectivity index (χ0) is 14.1. The Morgan fingerprint density at radius 2 is 2.15 bits per heavy atom. The molecular weight excluding hydrogens is 252 g/mol. The molecule has 1 aromatic heterocycles. The Labute approximate surface area is 118 Å². The number of carbonyl (C=O) groups is 1. The summed E-state index contributed by atoms with van der Waals surface area (Å²) in [5.74, 6) is 1.08. The molecule has 2 aromatic rings. The van der Waals surface area contributed by atoms with Gasteiger partial charge in [-0.3, -0.25) is 4.79 Å². The van der Waals surface area contributed by atoms with Crippen molar-refractivity contribution in [1.29, 1.82) is 0 Å². The largest absolute Gasteiger partial charge is 0.354 e. The van der Waals surface area contributed by atoms with Crippen LogP contribution in [0.5, 0.6) is 0 Å². The molecule has 2 heterocycles. The molecule has 1 fully saturated rings. The van der Waals surface area contributed by atoms with Gasteiger partial charge in [-0.25, -0.2) is 9.97 Å². The van der Waals surface area contributed by atoms with E-state index >= 15 is 0 Å². The Balaban J connectivity index is 1.88. The molecule has 1 aliphatic heterocycles. The number of fused-ring (bicyclic) bond motifs is 1. The number of hydrogen-bond acceptors (Lipinski definition) is 4. The fraction of sp³-hybridized carbons (Fsp3) is 0.400. The van der Waals surface area contributed by atoms with Crippen LogP contribution < -0.4 is 4.90 Å². The summed E-state index contributed by atoms with van der Waals surface area (Å²) in [5.41, 5.74) is 0.959. The van der Waals surface area contributed by atoms with Gasteiger partial charge in [0.05, 0.1) is 11.6 Å². The second kappa shape index (κ2) is 5.07. The molecule has 1 atom stereocenters. The van der Waals surface area contributed by atoms with Crippen molar-refractivity contribution in [2.24, 2.45) is 0 Å². The topological polar surface area (TPSA) is 49.3 Å². The molecule has 1 amide bonds. The summed E-state index contributed by atoms with van der Waals surface area (Å²) in [6, 6.07) is 8.30. The van der Waals surface area contributed by atoms with Crippen LogP contribution in [0.15, 0.2) is 30.6 Å². The normalized spacial score (nSPS) is 18.5. The first-order valence-corrected chi connectivity index (χ1v) is 6.85. The number of rotatable bonds is 2. The first-order chi connectivity index (χ1) is 9.66. The molecule has 0 radical (unpaired) electrons. The number of anilines is 1. The average molecular weight is 270 g/mol. The van der Waals surface area contributed by atoms with Gasteiger partial charge in [0.1, 0.15) is 12.1 Å². The highest BCUT2D eigenvalue weighted by atomic mass is 16.2. The Bertz CT molecular complexity index is 637. The fourth-order valence-electron chi connectivity index (χ4n) is 2.75. The molecule has 20 heavy (non-hydrogen) atoms. The zero-order valence-corrected chi connectivity index (χ0v) is 11.8. The van der Waals surface area contributed by atoms with E-state index in [2.05, 4.69) is 14.9 Å². The minimum atomic E-state index is 0.115. The van der Waals surface area contributed by atoms with E-state index in [1.807, 2.05) is 36.2 Å². The summed E-state index contributed by atoms with van der Waals surface area (Å²) in [5, 5.41) is 1.07. The molecule has 104 valence electrons. The van der Waals surface area contributed by atoms with Crippen LogP contribution in [0, 0.1) is 0 Å². The van der Waals surface area contributed by atoms with Crippen LogP contribution in [0.3, 0.4) is 0 Å². The van der Waals surface area contributed by atoms with Crippen molar-refractivity contribution in [3.8, 4) is 0 Å². The fourth-order valence-corrected chi connectivity index (χ4v) is 2.75. The van der Waals surface area contributed by atoms with Crippen molar-refractivity contribution in [2.75, 3.05) is 25.0 Å². The minimum absolute atomic E-state index is 0.115. The molecule has 1 aliphatic rings. The Morgan fingerprint density at radius 1 is 1.35 bits per heavy atom. The predicted octanol–water partition coefficient (Wildman–Crippen LogP) is 1.69. The van der Waals surface area contributed by atoms with Crippen molar-refractivity contribution < 1.29 is 4.79 Å². The van der Waals surface area contributed by atoms with Gasteiger partial charge in [-0.2, -0.15) is 0 Å². The summed E-state index contributed by atoms with van der Waals surface area (Å²) in [6.45, 7) is 3.36. The summed E-state index contributed by atoms with van der Waals surface area (Å²) >= 11 is 0. The summed E-state index contributed by atoms with van der Waals surface area (Å²) in [4.78, 5) is 24.3. The maximum atomic E-state index is 11.5. The molecule has 0 spiro atoms. The highest BCUT2D eigenvalue weighted by Gasteiger charge is 2.28. The lowest BCUT2D eigenvalue weighted by molar-refractivity contribution is -0.129. The first-order valence-electron chi connectivity index (χ1n) is 6.85. The Kier molecular flexibility index (Phi) is 3.26. The van der Waals surface area contributed by atoms with E-state index in [-0.39, 0.29) is 11.9 Å². The first kappa shape index (κ1) is 12.8. The van der Waals surface area contributed by atoms with Crippen molar-refractivity contribution in [3.05, 3.63) is 30.6 Å². The van der Waals surface area contributed by atoms with E-state index < -0.39 is 0 Å². The van der Waals surface area contributed by atoms with E-state index in [0.717, 1.165) is 36.2 Å². The SMILES string of the molecule is CC(=O)N(C)C1CCN(c2ncnc3ccccc23)C1. The van der Waals surface area contributed by atoms with Crippen molar-refractivity contribution >= 4 is 22.6 Å². The highest BCUT2D eigenvalue weighted by molar-refractivity contribution is 5.89. The molecule has 0 saturated carbocycles. The Hall–Kier alpha value is -2.17. The van der Waals surface area contributed by atoms with Crippen LogP contribution in [0.4, 0.5) is 5.82 Å². The minimum Gasteiger partial charge on any atom is -0.354 e. The third-order valence-electron chi connectivity index (χ3n) is 4.03. The van der Waals surface area contributed by atoms with Crippen LogP contribution in [0.1, 0.15) is 13.3 Å². The standard InChI is InChI=1S/C15H18N4O/c1-11(20)18(2)12-7-8-19(9-12)15-13-5-3-4-6-14(13)16-10-17-15/h3-6,10,12H,7-9H2,1-2H3. The highest BCUT2D eigenvalue weighted by Crippen LogP contribution is 2.26. The van der Waals surface area contributed by atoms with Crippen LogP contribution in [-0.4, -0.2) is 47.0 Å². The molecule has 0 N–H and O–H groups in total. The van der Waals surface area contributed by atoms with Gasteiger partial charge in [-0.15, -0.1) is 0 Å². The van der Waals surface area contributed by atoms with Gasteiger partial charge in [-0.1, -0.05) is 12.1 Å². The van der Waals surface area contributed by atoms with Gasteiger partial charge in [-0.05, 0) is 18.6 Å². The van der Waals surface area contributed by atoms with E-state index in [9.17, 15) is 4.79 Å². The molecule has 3 rings (SSSR count). The van der Waals surface area contributed by atoms with Crippen molar-refractivity contribution in [3.63, 3.8) is 0 Å². The monoisotopic (exact) mass is 270 g/mol. The van der Waals surface area contributed by atoms with Crippen molar-refractivity contribution in [2.45, 2.75) is 19.4 Å². The number of likely N-dealkylation sites (N-methyl/N-ethyl adjacent to an activating group) is 1. The lowest BCUT2D eigenvalue weighted by Crippen LogP contribution is -2.37. The summed E-state index contributed by atoms with van der Waals surface area (Å²) in [6.07, 6.45) is 2.59. The molecule has 1 unspecified atom stereocenters. The third kappa shape index (κ3) is 2.19. The maximum absolute atomic E-state index is 11.5. The third-order valence-corrected chi connectivity index (χ3v) is 4.03. The van der Waals surface area contributed by atoms with E-state index in [0.29, 0.717) is 0 Å². The second-order valence-corrected chi connectivity index (χ2v) is 5.23. The smallest absolute Gasteiger partial charge is 0.219 e. The van der Waals surface area contributed by atoms with Gasteiger partial charge >= 0.3 is 0 Å². The van der Waals surface area contributed by atoms with Crippen LogP contribution in [0.2, 0.25) is 0 Å². The summed E-state index contributed by atoms with van der Waals surface area (Å²) < 4.78 is 0. The lowest BCUT2D eigenvalue weighted by Gasteiger charge is -2.24. The molecule has 0 bridgehead atoms. The average Bonchev–Trinajstić information content (AvgIpc) is 2.95. The van der Waals surface area contributed by atoms with Crippen molar-refractivity contribution in [1.82, 2.24) is 14.9 Å². The van der Waals surface area contributed by atoms with Crippen LogP contribution >= 0.6 is 0 Å². The quantitative estimate of drug-likeness (QED) is 0.833. The van der Waals surface area contributed by atoms with Gasteiger partial charge in [0.15, 0.2) is 0 Å². The summed E-state index contributed by atoms with van der Waals surface area (Å²) in [7, 11) is 1.87. The molecule has 5 heteroatoms. The van der Waals surface area contributed by atoms with Gasteiger partial charge < -0.3 is 9.80 Å². The molecule has 0 aliphatic carbocycles. The second-order valence-electron chi connectivity index (χ2n) is 5.23. The van der Waals surface area contributed by atoms with Crippen LogP contribution in [0.25, 0.3) is 10.9 Å². The lowest BCUT2D eigenvalue weighted by atomic mass is 10.2. The predicted molar refractivity (Wildman–Crippen MR) is 78.6 cm³/mol. The zero-order valence-electron chi connectivity index (χ0n) is 11.8. The van der Waals surface area contributed by atoms with E-state index in [1.165, 1.54) is 0 Å². The van der Waals surface area contributed by atoms with Crippen LogP contribution in [-0.2, 0) is 4.79 Å². The number of hydrogen-bond donors (Lipinski definition) is 0. The molecular formula is C15H18N4O. The number of carbonyl (C=O) groups excluding carboxylic acids is 1. The van der Waals surface area contributed by atoms with E-state index in [4.69, 9.17) is 0 Å². The number of nitrogens with zero attached hydrogens (tertiary/aromatic N) is 4. The number of para-hydroxylation sites is 1. The van der Waals surface area contributed by atoms with Gasteiger partial charge in [0.25, 0.3) is 0 Å². The number of aromatic nitrogens is 2. The van der Waals surface area contributed by atoms with Gasteiger partial charge in [0, 0.05) is 32.4 Å². The maximum Gasteiger partial charge on any atom is 0.219 e. The molecule has 1 saturated heterocycles. The van der Waals surface area contributed by atoms with Gasteiger partial charge in [0.2, 0.25) is 5.91 Å². The number of benzene rings is 1. The Morgan fingerprint density at radius 3 is 2.95 bits per heavy atom. The molecule has 1 aromatic carbocycles. The number of amides is 1.